The van der Waals surface area contributed by atoms with Crippen LogP contribution in [-0.2, 0) is 9.59 Å². The first-order valence-electron chi connectivity index (χ1n) is 6.04. The number of β-amino-alcohol motifs (C(OH)–C–C–N with tert-alkyl or cyclic N) is 1. The monoisotopic (exact) mass is 242 g/mol. The van der Waals surface area contributed by atoms with E-state index in [1.807, 2.05) is 0 Å². The van der Waals surface area contributed by atoms with Gasteiger partial charge >= 0.3 is 5.97 Å². The molecule has 6 heteroatoms. The lowest BCUT2D eigenvalue weighted by atomic mass is 10.0. The highest BCUT2D eigenvalue weighted by Crippen LogP contribution is 2.21. The molecule has 1 amide bonds. The zero-order valence-corrected chi connectivity index (χ0v) is 9.63. The Morgan fingerprint density at radius 3 is 2.65 bits per heavy atom. The topological polar surface area (TPSA) is 89.9 Å². The fraction of sp³-hybridized carbons (Fsp3) is 0.818. The van der Waals surface area contributed by atoms with E-state index in [1.165, 1.54) is 4.90 Å². The smallest absolute Gasteiger partial charge is 0.326 e. The number of nitrogens with zero attached hydrogens (tertiary/aromatic N) is 1. The molecule has 0 radical (unpaired) electrons. The van der Waals surface area contributed by atoms with E-state index in [4.69, 9.17) is 5.11 Å². The predicted octanol–water partition coefficient (Wildman–Crippen LogP) is -0.825. The molecule has 0 aromatic rings. The van der Waals surface area contributed by atoms with Crippen LogP contribution in [0.15, 0.2) is 0 Å². The number of hydrogen-bond acceptors (Lipinski definition) is 4. The average molecular weight is 242 g/mol. The predicted molar refractivity (Wildman–Crippen MR) is 59.4 cm³/mol. The number of aliphatic carboxylic acids is 1. The molecule has 2 aliphatic heterocycles. The van der Waals surface area contributed by atoms with Crippen LogP contribution in [-0.4, -0.2) is 58.3 Å². The van der Waals surface area contributed by atoms with E-state index in [2.05, 4.69) is 5.32 Å². The summed E-state index contributed by atoms with van der Waals surface area (Å²) in [5.41, 5.74) is 0. The zero-order chi connectivity index (χ0) is 12.4. The number of aliphatic hydroxyl groups excluding tert-OH is 1. The summed E-state index contributed by atoms with van der Waals surface area (Å²) >= 11 is 0. The van der Waals surface area contributed by atoms with Gasteiger partial charge in [0.2, 0.25) is 5.91 Å². The molecule has 2 heterocycles. The van der Waals surface area contributed by atoms with Crippen molar-refractivity contribution in [3.05, 3.63) is 0 Å². The Morgan fingerprint density at radius 1 is 1.29 bits per heavy atom. The van der Waals surface area contributed by atoms with Crippen LogP contribution in [0, 0.1) is 0 Å². The highest BCUT2D eigenvalue weighted by atomic mass is 16.4. The lowest BCUT2D eigenvalue weighted by Crippen LogP contribution is -2.51. The highest BCUT2D eigenvalue weighted by Gasteiger charge is 2.41. The normalized spacial score (nSPS) is 33.7. The van der Waals surface area contributed by atoms with Gasteiger partial charge in [-0.05, 0) is 19.4 Å². The molecule has 2 fully saturated rings. The second-order valence-electron chi connectivity index (χ2n) is 4.74. The summed E-state index contributed by atoms with van der Waals surface area (Å²) in [4.78, 5) is 24.5. The Hall–Kier alpha value is -1.14. The molecule has 2 aliphatic rings. The van der Waals surface area contributed by atoms with E-state index in [1.54, 1.807) is 0 Å². The van der Waals surface area contributed by atoms with Gasteiger partial charge in [-0.25, -0.2) is 4.79 Å². The van der Waals surface area contributed by atoms with Crippen LogP contribution in [0.4, 0.5) is 0 Å². The van der Waals surface area contributed by atoms with Gasteiger partial charge in [0.15, 0.2) is 0 Å². The van der Waals surface area contributed by atoms with Gasteiger partial charge in [0.05, 0.1) is 12.1 Å². The lowest BCUT2D eigenvalue weighted by Gasteiger charge is -2.29. The van der Waals surface area contributed by atoms with E-state index in [0.29, 0.717) is 0 Å². The molecule has 3 N–H and O–H groups in total. The number of amides is 1. The van der Waals surface area contributed by atoms with Crippen molar-refractivity contribution in [2.75, 3.05) is 13.1 Å². The van der Waals surface area contributed by atoms with Crippen LogP contribution in [0.2, 0.25) is 0 Å². The molecule has 6 nitrogen and oxygen atoms in total. The van der Waals surface area contributed by atoms with Gasteiger partial charge in [0.25, 0.3) is 0 Å². The third-order valence-electron chi connectivity index (χ3n) is 3.46. The Bertz CT molecular complexity index is 315. The molecule has 0 aromatic carbocycles. The van der Waals surface area contributed by atoms with Crippen molar-refractivity contribution in [1.82, 2.24) is 10.2 Å². The molecule has 0 bridgehead atoms. The maximum absolute atomic E-state index is 12.1. The first-order valence-corrected chi connectivity index (χ1v) is 6.04. The summed E-state index contributed by atoms with van der Waals surface area (Å²) in [5, 5.41) is 21.6. The summed E-state index contributed by atoms with van der Waals surface area (Å²) < 4.78 is 0. The second kappa shape index (κ2) is 5.01. The number of carbonyl (C=O) groups is 2. The third kappa shape index (κ3) is 2.58. The Balaban J connectivity index is 2.04. The van der Waals surface area contributed by atoms with Crippen molar-refractivity contribution in [2.45, 2.75) is 43.9 Å². The summed E-state index contributed by atoms with van der Waals surface area (Å²) in [7, 11) is 0. The van der Waals surface area contributed by atoms with Gasteiger partial charge in [-0.1, -0.05) is 6.42 Å². The molecule has 3 atom stereocenters. The van der Waals surface area contributed by atoms with Crippen LogP contribution in [0.1, 0.15) is 25.7 Å². The lowest BCUT2D eigenvalue weighted by molar-refractivity contribution is -0.149. The van der Waals surface area contributed by atoms with Crippen molar-refractivity contribution >= 4 is 11.9 Å². The van der Waals surface area contributed by atoms with Crippen molar-refractivity contribution in [2.24, 2.45) is 0 Å². The Morgan fingerprint density at radius 2 is 2.06 bits per heavy atom. The molecule has 17 heavy (non-hydrogen) atoms. The standard InChI is InChI=1S/C11H18N2O4/c14-7-5-9(11(16)17)13(6-7)10(15)8-3-1-2-4-12-8/h7-9,12,14H,1-6H2,(H,16,17)/t7-,8+,9-/m0/s1. The molecule has 2 rings (SSSR count). The van der Waals surface area contributed by atoms with Gasteiger partial charge in [-0.2, -0.15) is 0 Å². The van der Waals surface area contributed by atoms with E-state index >= 15 is 0 Å². The molecule has 0 aliphatic carbocycles. The minimum Gasteiger partial charge on any atom is -0.480 e. The molecular weight excluding hydrogens is 224 g/mol. The molecule has 0 saturated carbocycles. The Kier molecular flexibility index (Phi) is 3.63. The second-order valence-corrected chi connectivity index (χ2v) is 4.74. The van der Waals surface area contributed by atoms with Crippen LogP contribution in [0.5, 0.6) is 0 Å². The van der Waals surface area contributed by atoms with Crippen molar-refractivity contribution in [3.63, 3.8) is 0 Å². The van der Waals surface area contributed by atoms with Crippen molar-refractivity contribution in [1.29, 1.82) is 0 Å². The molecule has 0 unspecified atom stereocenters. The van der Waals surface area contributed by atoms with Gasteiger partial charge < -0.3 is 20.4 Å². The number of aliphatic hydroxyl groups is 1. The Labute approximate surface area is 99.6 Å². The largest absolute Gasteiger partial charge is 0.480 e. The number of hydrogen-bond donors (Lipinski definition) is 3. The highest BCUT2D eigenvalue weighted by molar-refractivity contribution is 5.87. The number of rotatable bonds is 2. The van der Waals surface area contributed by atoms with E-state index in [0.717, 1.165) is 25.8 Å². The van der Waals surface area contributed by atoms with Crippen LogP contribution in [0.3, 0.4) is 0 Å². The van der Waals surface area contributed by atoms with Gasteiger partial charge in [-0.15, -0.1) is 0 Å². The quantitative estimate of drug-likeness (QED) is 0.588. The summed E-state index contributed by atoms with van der Waals surface area (Å²) in [6.07, 6.45) is 2.20. The number of likely N-dealkylation sites (tertiary alicyclic amines) is 1. The molecule has 2 saturated heterocycles. The van der Waals surface area contributed by atoms with Crippen molar-refractivity contribution < 1.29 is 19.8 Å². The fourth-order valence-corrected chi connectivity index (χ4v) is 2.55. The summed E-state index contributed by atoms with van der Waals surface area (Å²) in [5.74, 6) is -1.22. The number of carboxylic acid groups (broad SMARTS) is 1. The first kappa shape index (κ1) is 12.3. The van der Waals surface area contributed by atoms with Crippen LogP contribution < -0.4 is 5.32 Å². The van der Waals surface area contributed by atoms with Crippen molar-refractivity contribution in [3.8, 4) is 0 Å². The van der Waals surface area contributed by atoms with Gasteiger partial charge in [0, 0.05) is 13.0 Å². The summed E-state index contributed by atoms with van der Waals surface area (Å²) in [6.45, 7) is 0.929. The van der Waals surface area contributed by atoms with E-state index in [9.17, 15) is 14.7 Å². The third-order valence-corrected chi connectivity index (χ3v) is 3.46. The zero-order valence-electron chi connectivity index (χ0n) is 9.63. The minimum atomic E-state index is -1.04. The van der Waals surface area contributed by atoms with Crippen LogP contribution >= 0.6 is 0 Å². The summed E-state index contributed by atoms with van der Waals surface area (Å²) in [6, 6.07) is -1.16. The van der Waals surface area contributed by atoms with Gasteiger partial charge in [-0.3, -0.25) is 4.79 Å². The SMILES string of the molecule is O=C(O)[C@@H]1C[C@H](O)CN1C(=O)[C@H]1CCCCN1. The van der Waals surface area contributed by atoms with Crippen LogP contribution in [0.25, 0.3) is 0 Å². The molecular formula is C11H18N2O4. The maximum Gasteiger partial charge on any atom is 0.326 e. The number of piperidine rings is 1. The van der Waals surface area contributed by atoms with E-state index < -0.39 is 18.1 Å². The fourth-order valence-electron chi connectivity index (χ4n) is 2.55. The number of carbonyl (C=O) groups excluding carboxylic acids is 1. The minimum absolute atomic E-state index is 0.133. The average Bonchev–Trinajstić information content (AvgIpc) is 2.72. The number of carboxylic acids is 1. The maximum atomic E-state index is 12.1. The molecule has 0 aromatic heterocycles. The first-order chi connectivity index (χ1) is 8.09. The molecule has 0 spiro atoms. The van der Waals surface area contributed by atoms with E-state index in [-0.39, 0.29) is 24.9 Å². The number of nitrogens with one attached hydrogen (secondary N) is 1. The van der Waals surface area contributed by atoms with Gasteiger partial charge in [0.1, 0.15) is 6.04 Å². The molecule has 96 valence electrons.